The van der Waals surface area contributed by atoms with E-state index in [9.17, 15) is 18.3 Å². The monoisotopic (exact) mass is 298 g/mol. The maximum absolute atomic E-state index is 12.2. The Balaban J connectivity index is 2.02. The molecule has 0 saturated carbocycles. The van der Waals surface area contributed by atoms with Gasteiger partial charge in [-0.15, -0.1) is 0 Å². The SMILES string of the molecule is OC(Cc1ccccc1)c1ccc(SC(F)(F)F)cc1. The quantitative estimate of drug-likeness (QED) is 0.834. The van der Waals surface area contributed by atoms with Crippen molar-refractivity contribution < 1.29 is 18.3 Å². The lowest BCUT2D eigenvalue weighted by atomic mass is 10.0. The molecule has 0 aliphatic rings. The number of hydrogen-bond acceptors (Lipinski definition) is 2. The summed E-state index contributed by atoms with van der Waals surface area (Å²) in [5.74, 6) is 0. The van der Waals surface area contributed by atoms with Crippen LogP contribution in [-0.4, -0.2) is 10.6 Å². The molecular weight excluding hydrogens is 285 g/mol. The van der Waals surface area contributed by atoms with Gasteiger partial charge < -0.3 is 5.11 Å². The zero-order valence-corrected chi connectivity index (χ0v) is 11.3. The number of alkyl halides is 3. The van der Waals surface area contributed by atoms with Crippen molar-refractivity contribution in [1.82, 2.24) is 0 Å². The molecule has 20 heavy (non-hydrogen) atoms. The van der Waals surface area contributed by atoms with Crippen LogP contribution in [0.2, 0.25) is 0 Å². The zero-order valence-electron chi connectivity index (χ0n) is 10.5. The van der Waals surface area contributed by atoms with Crippen LogP contribution in [0.25, 0.3) is 0 Å². The average molecular weight is 298 g/mol. The van der Waals surface area contributed by atoms with Gasteiger partial charge in [-0.1, -0.05) is 42.5 Å². The Hall–Kier alpha value is -1.46. The topological polar surface area (TPSA) is 20.2 Å². The van der Waals surface area contributed by atoms with Crippen molar-refractivity contribution in [3.05, 3.63) is 65.7 Å². The number of hydrogen-bond donors (Lipinski definition) is 1. The second-order valence-electron chi connectivity index (χ2n) is 4.32. The largest absolute Gasteiger partial charge is 0.446 e. The van der Waals surface area contributed by atoms with Crippen molar-refractivity contribution in [3.8, 4) is 0 Å². The predicted molar refractivity (Wildman–Crippen MR) is 73.5 cm³/mol. The van der Waals surface area contributed by atoms with Crippen molar-refractivity contribution in [1.29, 1.82) is 0 Å². The molecule has 0 aliphatic carbocycles. The van der Waals surface area contributed by atoms with Crippen LogP contribution in [0, 0.1) is 0 Å². The normalized spacial score (nSPS) is 13.2. The van der Waals surface area contributed by atoms with Gasteiger partial charge in [0.2, 0.25) is 0 Å². The van der Waals surface area contributed by atoms with E-state index in [-0.39, 0.29) is 16.7 Å². The maximum atomic E-state index is 12.2. The minimum Gasteiger partial charge on any atom is -0.388 e. The van der Waals surface area contributed by atoms with E-state index in [2.05, 4.69) is 0 Å². The molecule has 0 spiro atoms. The molecule has 0 aromatic heterocycles. The van der Waals surface area contributed by atoms with Crippen molar-refractivity contribution in [2.24, 2.45) is 0 Å². The molecule has 0 saturated heterocycles. The summed E-state index contributed by atoms with van der Waals surface area (Å²) in [4.78, 5) is 0.119. The number of aliphatic hydroxyl groups is 1. The van der Waals surface area contributed by atoms with Crippen LogP contribution in [0.5, 0.6) is 0 Å². The number of halogens is 3. The van der Waals surface area contributed by atoms with Gasteiger partial charge in [0, 0.05) is 11.3 Å². The van der Waals surface area contributed by atoms with E-state index in [4.69, 9.17) is 0 Å². The Morgan fingerprint density at radius 2 is 1.55 bits per heavy atom. The van der Waals surface area contributed by atoms with Crippen LogP contribution < -0.4 is 0 Å². The number of rotatable bonds is 4. The first-order valence-corrected chi connectivity index (χ1v) is 6.83. The summed E-state index contributed by atoms with van der Waals surface area (Å²) in [6.07, 6.45) is -0.283. The van der Waals surface area contributed by atoms with Crippen LogP contribution in [-0.2, 0) is 6.42 Å². The molecule has 1 N–H and O–H groups in total. The Morgan fingerprint density at radius 1 is 0.950 bits per heavy atom. The Kier molecular flexibility index (Phi) is 4.73. The highest BCUT2D eigenvalue weighted by atomic mass is 32.2. The first-order valence-electron chi connectivity index (χ1n) is 6.02. The third kappa shape index (κ3) is 4.58. The number of aliphatic hydroxyl groups excluding tert-OH is 1. The van der Waals surface area contributed by atoms with Crippen molar-refractivity contribution in [2.45, 2.75) is 22.9 Å². The molecular formula is C15H13F3OS. The summed E-state index contributed by atoms with van der Waals surface area (Å²) in [5.41, 5.74) is -2.70. The van der Waals surface area contributed by atoms with Gasteiger partial charge >= 0.3 is 5.51 Å². The van der Waals surface area contributed by atoms with Crippen LogP contribution >= 0.6 is 11.8 Å². The average Bonchev–Trinajstić information content (AvgIpc) is 2.39. The molecule has 0 radical (unpaired) electrons. The van der Waals surface area contributed by atoms with E-state index in [1.165, 1.54) is 24.3 Å². The van der Waals surface area contributed by atoms with Gasteiger partial charge in [0.05, 0.1) is 6.10 Å². The van der Waals surface area contributed by atoms with Gasteiger partial charge in [-0.3, -0.25) is 0 Å². The maximum Gasteiger partial charge on any atom is 0.446 e. The molecule has 2 aromatic rings. The Labute approximate surface area is 119 Å². The van der Waals surface area contributed by atoms with E-state index in [0.29, 0.717) is 12.0 Å². The van der Waals surface area contributed by atoms with Crippen LogP contribution in [0.3, 0.4) is 0 Å². The highest BCUT2D eigenvalue weighted by Gasteiger charge is 2.29. The van der Waals surface area contributed by atoms with Gasteiger partial charge in [0.25, 0.3) is 0 Å². The fourth-order valence-electron chi connectivity index (χ4n) is 1.85. The fourth-order valence-corrected chi connectivity index (χ4v) is 2.39. The van der Waals surface area contributed by atoms with Crippen LogP contribution in [0.4, 0.5) is 13.2 Å². The molecule has 2 rings (SSSR count). The summed E-state index contributed by atoms with van der Waals surface area (Å²) in [6.45, 7) is 0. The second-order valence-corrected chi connectivity index (χ2v) is 5.46. The van der Waals surface area contributed by atoms with Crippen molar-refractivity contribution in [2.75, 3.05) is 0 Å². The summed E-state index contributed by atoms with van der Waals surface area (Å²) in [6, 6.07) is 15.3. The Morgan fingerprint density at radius 3 is 2.10 bits per heavy atom. The van der Waals surface area contributed by atoms with Crippen molar-refractivity contribution >= 4 is 11.8 Å². The molecule has 0 aliphatic heterocycles. The van der Waals surface area contributed by atoms with E-state index in [1.807, 2.05) is 30.3 Å². The minimum absolute atomic E-state index is 0.119. The van der Waals surface area contributed by atoms with Crippen LogP contribution in [0.15, 0.2) is 59.5 Å². The highest BCUT2D eigenvalue weighted by Crippen LogP contribution is 2.37. The second kappa shape index (κ2) is 6.33. The first-order chi connectivity index (χ1) is 9.44. The molecule has 106 valence electrons. The molecule has 0 fully saturated rings. The molecule has 1 nitrogen and oxygen atoms in total. The fraction of sp³-hybridized carbons (Fsp3) is 0.200. The minimum atomic E-state index is -4.29. The summed E-state index contributed by atoms with van der Waals surface area (Å²) < 4.78 is 36.6. The van der Waals surface area contributed by atoms with Gasteiger partial charge in [0.15, 0.2) is 0 Å². The summed E-state index contributed by atoms with van der Waals surface area (Å²) >= 11 is -0.156. The third-order valence-corrected chi connectivity index (χ3v) is 3.51. The van der Waals surface area contributed by atoms with Crippen molar-refractivity contribution in [3.63, 3.8) is 0 Å². The molecule has 1 unspecified atom stereocenters. The van der Waals surface area contributed by atoms with Gasteiger partial charge in [-0.25, -0.2) is 0 Å². The van der Waals surface area contributed by atoms with E-state index < -0.39 is 11.6 Å². The van der Waals surface area contributed by atoms with E-state index >= 15 is 0 Å². The zero-order chi connectivity index (χ0) is 14.6. The molecule has 0 amide bonds. The lowest BCUT2D eigenvalue weighted by molar-refractivity contribution is -0.0328. The lowest BCUT2D eigenvalue weighted by Gasteiger charge is -2.12. The van der Waals surface area contributed by atoms with Gasteiger partial charge in [0.1, 0.15) is 0 Å². The standard InChI is InChI=1S/C15H13F3OS/c16-15(17,18)20-13-8-6-12(7-9-13)14(19)10-11-4-2-1-3-5-11/h1-9,14,19H,10H2. The smallest absolute Gasteiger partial charge is 0.388 e. The number of thioether (sulfide) groups is 1. The first kappa shape index (κ1) is 14.9. The highest BCUT2D eigenvalue weighted by molar-refractivity contribution is 8.00. The van der Waals surface area contributed by atoms with Gasteiger partial charge in [-0.05, 0) is 35.0 Å². The predicted octanol–water partition coefficient (Wildman–Crippen LogP) is 4.57. The molecule has 1 atom stereocenters. The third-order valence-electron chi connectivity index (χ3n) is 2.77. The summed E-state index contributed by atoms with van der Waals surface area (Å²) in [5, 5.41) is 10.1. The van der Waals surface area contributed by atoms with Crippen LogP contribution in [0.1, 0.15) is 17.2 Å². The molecule has 2 aromatic carbocycles. The molecule has 5 heteroatoms. The molecule has 0 bridgehead atoms. The van der Waals surface area contributed by atoms with Gasteiger partial charge in [-0.2, -0.15) is 13.2 Å². The Bertz CT molecular complexity index is 537. The van der Waals surface area contributed by atoms with E-state index in [1.54, 1.807) is 0 Å². The summed E-state index contributed by atoms with van der Waals surface area (Å²) in [7, 11) is 0. The lowest BCUT2D eigenvalue weighted by Crippen LogP contribution is -2.02. The number of benzene rings is 2. The molecule has 0 heterocycles. The van der Waals surface area contributed by atoms with E-state index in [0.717, 1.165) is 5.56 Å².